The van der Waals surface area contributed by atoms with Crippen LogP contribution in [0.3, 0.4) is 0 Å². The second-order valence-electron chi connectivity index (χ2n) is 3.31. The van der Waals surface area contributed by atoms with E-state index in [9.17, 15) is 10.2 Å². The van der Waals surface area contributed by atoms with Gasteiger partial charge in [0, 0.05) is 0 Å². The third-order valence-electron chi connectivity index (χ3n) is 2.33. The van der Waals surface area contributed by atoms with Crippen LogP contribution in [0, 0.1) is 0 Å². The van der Waals surface area contributed by atoms with Gasteiger partial charge in [0.05, 0.1) is 0 Å². The van der Waals surface area contributed by atoms with Crippen molar-refractivity contribution >= 4 is 5.57 Å². The zero-order chi connectivity index (χ0) is 9.97. The molecule has 0 bridgehead atoms. The number of rotatable bonds is 1. The minimum absolute atomic E-state index is 0.764. The topological polar surface area (TPSA) is 40.5 Å². The minimum Gasteiger partial charge on any atom is -0.386 e. The Balaban J connectivity index is 2.35. The van der Waals surface area contributed by atoms with Gasteiger partial charge in [-0.05, 0) is 11.1 Å². The smallest absolute Gasteiger partial charge is 0.109 e. The van der Waals surface area contributed by atoms with Gasteiger partial charge >= 0.3 is 0 Å². The molecule has 2 atom stereocenters. The van der Waals surface area contributed by atoms with E-state index in [1.165, 1.54) is 0 Å². The Morgan fingerprint density at radius 1 is 1.00 bits per heavy atom. The van der Waals surface area contributed by atoms with E-state index in [0.717, 1.165) is 11.1 Å². The molecule has 0 amide bonds. The molecule has 0 fully saturated rings. The lowest BCUT2D eigenvalue weighted by Gasteiger charge is -2.21. The minimum atomic E-state index is -0.817. The number of aliphatic hydroxyl groups excluding tert-OH is 2. The third kappa shape index (κ3) is 1.62. The molecule has 1 aromatic rings. The van der Waals surface area contributed by atoms with Gasteiger partial charge < -0.3 is 10.2 Å². The van der Waals surface area contributed by atoms with Crippen LogP contribution in [0.5, 0.6) is 0 Å². The summed E-state index contributed by atoms with van der Waals surface area (Å²) in [7, 11) is 0. The van der Waals surface area contributed by atoms with Crippen molar-refractivity contribution in [2.24, 2.45) is 0 Å². The highest BCUT2D eigenvalue weighted by molar-refractivity contribution is 5.72. The molecule has 2 nitrogen and oxygen atoms in total. The predicted molar refractivity (Wildman–Crippen MR) is 55.6 cm³/mol. The van der Waals surface area contributed by atoms with E-state index in [1.54, 1.807) is 12.2 Å². The van der Waals surface area contributed by atoms with Crippen LogP contribution >= 0.6 is 0 Å². The van der Waals surface area contributed by atoms with Crippen LogP contribution in [0.25, 0.3) is 5.57 Å². The van der Waals surface area contributed by atoms with E-state index in [2.05, 4.69) is 0 Å². The van der Waals surface area contributed by atoms with Gasteiger partial charge in [-0.15, -0.1) is 0 Å². The zero-order valence-corrected chi connectivity index (χ0v) is 7.67. The summed E-state index contributed by atoms with van der Waals surface area (Å²) >= 11 is 0. The van der Waals surface area contributed by atoms with Crippen molar-refractivity contribution in [1.29, 1.82) is 0 Å². The monoisotopic (exact) mass is 188 g/mol. The van der Waals surface area contributed by atoms with Crippen molar-refractivity contribution in [3.8, 4) is 0 Å². The molecule has 0 saturated carbocycles. The van der Waals surface area contributed by atoms with E-state index < -0.39 is 12.2 Å². The molecular formula is C12H12O2. The Morgan fingerprint density at radius 3 is 2.43 bits per heavy atom. The molecule has 1 aliphatic rings. The van der Waals surface area contributed by atoms with Crippen molar-refractivity contribution in [2.75, 3.05) is 0 Å². The fourth-order valence-corrected chi connectivity index (χ4v) is 1.56. The van der Waals surface area contributed by atoms with E-state index in [0.29, 0.717) is 0 Å². The first kappa shape index (κ1) is 9.19. The fourth-order valence-electron chi connectivity index (χ4n) is 1.56. The second kappa shape index (κ2) is 3.78. The Morgan fingerprint density at radius 2 is 1.71 bits per heavy atom. The molecule has 2 heteroatoms. The van der Waals surface area contributed by atoms with Crippen LogP contribution in [0.15, 0.2) is 48.6 Å². The molecule has 2 rings (SSSR count). The maximum atomic E-state index is 9.72. The summed E-state index contributed by atoms with van der Waals surface area (Å²) in [6.07, 6.45) is 3.56. The van der Waals surface area contributed by atoms with E-state index in [-0.39, 0.29) is 0 Å². The number of hydrogen-bond acceptors (Lipinski definition) is 2. The van der Waals surface area contributed by atoms with E-state index in [4.69, 9.17) is 0 Å². The number of allylic oxidation sites excluding steroid dienone is 2. The molecule has 0 aromatic heterocycles. The van der Waals surface area contributed by atoms with Crippen molar-refractivity contribution in [3.05, 3.63) is 54.1 Å². The summed E-state index contributed by atoms with van der Waals surface area (Å²) in [5.74, 6) is 0. The van der Waals surface area contributed by atoms with Gasteiger partial charge in [0.25, 0.3) is 0 Å². The first-order valence-corrected chi connectivity index (χ1v) is 4.59. The van der Waals surface area contributed by atoms with Gasteiger partial charge in [-0.1, -0.05) is 48.6 Å². The second-order valence-corrected chi connectivity index (χ2v) is 3.31. The summed E-state index contributed by atoms with van der Waals surface area (Å²) < 4.78 is 0. The molecule has 2 N–H and O–H groups in total. The first-order chi connectivity index (χ1) is 6.79. The van der Waals surface area contributed by atoms with Crippen LogP contribution in [-0.4, -0.2) is 22.4 Å². The molecule has 0 radical (unpaired) electrons. The van der Waals surface area contributed by atoms with E-state index in [1.807, 2.05) is 36.4 Å². The first-order valence-electron chi connectivity index (χ1n) is 4.59. The average molecular weight is 188 g/mol. The molecule has 0 aliphatic heterocycles. The zero-order valence-electron chi connectivity index (χ0n) is 7.67. The number of aliphatic hydroxyl groups is 2. The Labute approximate surface area is 82.8 Å². The quantitative estimate of drug-likeness (QED) is 0.698. The molecule has 0 spiro atoms. The maximum absolute atomic E-state index is 9.72. The highest BCUT2D eigenvalue weighted by Crippen LogP contribution is 2.23. The largest absolute Gasteiger partial charge is 0.386 e. The molecule has 1 aliphatic carbocycles. The highest BCUT2D eigenvalue weighted by Gasteiger charge is 2.21. The Hall–Kier alpha value is -1.38. The summed E-state index contributed by atoms with van der Waals surface area (Å²) in [6.45, 7) is 0. The molecule has 72 valence electrons. The summed E-state index contributed by atoms with van der Waals surface area (Å²) in [5, 5.41) is 19.2. The van der Waals surface area contributed by atoms with Gasteiger partial charge in [0.1, 0.15) is 12.2 Å². The normalized spacial score (nSPS) is 26.0. The number of benzene rings is 1. The predicted octanol–water partition coefficient (Wildman–Crippen LogP) is 1.36. The molecule has 14 heavy (non-hydrogen) atoms. The van der Waals surface area contributed by atoms with Crippen LogP contribution < -0.4 is 0 Å². The SMILES string of the molecule is O[C@@H]1C=CC=C(c2ccccc2)[C@@H]1O. The Bertz CT molecular complexity index is 365. The van der Waals surface area contributed by atoms with Crippen LogP contribution in [0.4, 0.5) is 0 Å². The van der Waals surface area contributed by atoms with Gasteiger partial charge in [0.15, 0.2) is 0 Å². The van der Waals surface area contributed by atoms with Crippen molar-refractivity contribution < 1.29 is 10.2 Å². The molecule has 0 unspecified atom stereocenters. The fraction of sp³-hybridized carbons (Fsp3) is 0.167. The molecule has 1 aromatic carbocycles. The van der Waals surface area contributed by atoms with Crippen LogP contribution in [0.1, 0.15) is 5.56 Å². The van der Waals surface area contributed by atoms with Gasteiger partial charge in [0.2, 0.25) is 0 Å². The lowest BCUT2D eigenvalue weighted by atomic mass is 9.93. The van der Waals surface area contributed by atoms with Crippen LogP contribution in [0.2, 0.25) is 0 Å². The summed E-state index contributed by atoms with van der Waals surface area (Å²) in [6, 6.07) is 9.58. The Kier molecular flexibility index (Phi) is 2.48. The van der Waals surface area contributed by atoms with Crippen molar-refractivity contribution in [2.45, 2.75) is 12.2 Å². The highest BCUT2D eigenvalue weighted by atomic mass is 16.3. The maximum Gasteiger partial charge on any atom is 0.109 e. The average Bonchev–Trinajstić information content (AvgIpc) is 2.23. The van der Waals surface area contributed by atoms with Crippen molar-refractivity contribution in [1.82, 2.24) is 0 Å². The molecule has 0 saturated heterocycles. The molecule has 0 heterocycles. The van der Waals surface area contributed by atoms with Gasteiger partial charge in [-0.2, -0.15) is 0 Å². The third-order valence-corrected chi connectivity index (χ3v) is 2.33. The summed E-state index contributed by atoms with van der Waals surface area (Å²) in [4.78, 5) is 0. The lowest BCUT2D eigenvalue weighted by molar-refractivity contribution is 0.0859. The molecular weight excluding hydrogens is 176 g/mol. The van der Waals surface area contributed by atoms with Gasteiger partial charge in [-0.3, -0.25) is 0 Å². The number of hydrogen-bond donors (Lipinski definition) is 2. The standard InChI is InChI=1S/C12H12O2/c13-11-8-4-7-10(12(11)14)9-5-2-1-3-6-9/h1-8,11-14H/t11-,12+/m1/s1. The summed E-state index contributed by atoms with van der Waals surface area (Å²) in [5.41, 5.74) is 1.71. The van der Waals surface area contributed by atoms with Crippen LogP contribution in [-0.2, 0) is 0 Å². The lowest BCUT2D eigenvalue weighted by Crippen LogP contribution is -2.26. The van der Waals surface area contributed by atoms with Gasteiger partial charge in [-0.25, -0.2) is 0 Å². The van der Waals surface area contributed by atoms with Crippen molar-refractivity contribution in [3.63, 3.8) is 0 Å². The van der Waals surface area contributed by atoms with E-state index >= 15 is 0 Å².